The average Bonchev–Trinajstić information content (AvgIpc) is 2.79. The van der Waals surface area contributed by atoms with Crippen molar-refractivity contribution in [3.63, 3.8) is 0 Å². The van der Waals surface area contributed by atoms with Gasteiger partial charge < -0.3 is 10.6 Å². The molecule has 0 saturated heterocycles. The van der Waals surface area contributed by atoms with Gasteiger partial charge in [0.05, 0.1) is 17.4 Å². The maximum Gasteiger partial charge on any atom is 0.221 e. The first kappa shape index (κ1) is 14.0. The van der Waals surface area contributed by atoms with Crippen molar-refractivity contribution in [3.8, 4) is 0 Å². The molecular formula is C14H17FN4O. The van der Waals surface area contributed by atoms with E-state index in [0.717, 1.165) is 5.69 Å². The van der Waals surface area contributed by atoms with Crippen LogP contribution >= 0.6 is 0 Å². The normalized spacial score (nSPS) is 12.0. The lowest BCUT2D eigenvalue weighted by Gasteiger charge is -2.17. The van der Waals surface area contributed by atoms with Crippen molar-refractivity contribution in [1.29, 1.82) is 0 Å². The summed E-state index contributed by atoms with van der Waals surface area (Å²) in [6.45, 7) is 3.33. The summed E-state index contributed by atoms with van der Waals surface area (Å²) in [4.78, 5) is 11.0. The minimum atomic E-state index is -0.367. The first-order chi connectivity index (χ1) is 9.47. The van der Waals surface area contributed by atoms with Gasteiger partial charge in [-0.3, -0.25) is 9.48 Å². The molecule has 2 rings (SSSR count). The Kier molecular flexibility index (Phi) is 4.02. The number of carbonyl (C=O) groups is 1. The fourth-order valence-corrected chi connectivity index (χ4v) is 2.03. The van der Waals surface area contributed by atoms with Crippen molar-refractivity contribution in [2.75, 3.05) is 10.6 Å². The van der Waals surface area contributed by atoms with Crippen LogP contribution in [-0.4, -0.2) is 15.7 Å². The maximum absolute atomic E-state index is 13.8. The fourth-order valence-electron chi connectivity index (χ4n) is 2.03. The lowest BCUT2D eigenvalue weighted by molar-refractivity contribution is -0.114. The number of aryl methyl sites for hydroxylation is 1. The predicted octanol–water partition coefficient (Wildman–Crippen LogP) is 2.69. The fraction of sp³-hybridized carbons (Fsp3) is 0.286. The number of rotatable bonds is 4. The second kappa shape index (κ2) is 5.73. The van der Waals surface area contributed by atoms with Crippen LogP contribution in [0.4, 0.5) is 15.8 Å². The van der Waals surface area contributed by atoms with Crippen molar-refractivity contribution >= 4 is 17.3 Å². The highest BCUT2D eigenvalue weighted by atomic mass is 19.1. The number of benzene rings is 1. The summed E-state index contributed by atoms with van der Waals surface area (Å²) < 4.78 is 15.5. The zero-order valence-corrected chi connectivity index (χ0v) is 11.6. The van der Waals surface area contributed by atoms with Gasteiger partial charge in [-0.1, -0.05) is 0 Å². The molecule has 5 nitrogen and oxygen atoms in total. The topological polar surface area (TPSA) is 59.0 Å². The molecule has 1 aromatic heterocycles. The van der Waals surface area contributed by atoms with Gasteiger partial charge in [0.15, 0.2) is 0 Å². The third-order valence-electron chi connectivity index (χ3n) is 2.96. The highest BCUT2D eigenvalue weighted by Gasteiger charge is 2.12. The molecule has 0 fully saturated rings. The SMILES string of the molecule is CC(=O)Nc1ccc(F)c(NC(C)c2ccnn2C)c1. The van der Waals surface area contributed by atoms with E-state index in [9.17, 15) is 9.18 Å². The molecule has 0 spiro atoms. The van der Waals surface area contributed by atoms with Crippen molar-refractivity contribution in [3.05, 3.63) is 42.0 Å². The van der Waals surface area contributed by atoms with E-state index in [1.807, 2.05) is 20.0 Å². The molecule has 0 aliphatic heterocycles. The van der Waals surface area contributed by atoms with Gasteiger partial charge in [0.25, 0.3) is 0 Å². The first-order valence-corrected chi connectivity index (χ1v) is 6.29. The standard InChI is InChI=1S/C14H17FN4O/c1-9(14-6-7-16-19(14)3)17-13-8-11(18-10(2)20)4-5-12(13)15/h4-9,17H,1-3H3,(H,18,20). The summed E-state index contributed by atoms with van der Waals surface area (Å²) in [5.41, 5.74) is 1.83. The highest BCUT2D eigenvalue weighted by Crippen LogP contribution is 2.24. The first-order valence-electron chi connectivity index (χ1n) is 6.29. The van der Waals surface area contributed by atoms with Crippen molar-refractivity contribution < 1.29 is 9.18 Å². The van der Waals surface area contributed by atoms with Gasteiger partial charge in [-0.25, -0.2) is 4.39 Å². The summed E-state index contributed by atoms with van der Waals surface area (Å²) in [5.74, 6) is -0.560. The maximum atomic E-state index is 13.8. The molecule has 2 aromatic rings. The Hall–Kier alpha value is -2.37. The largest absolute Gasteiger partial charge is 0.375 e. The Morgan fingerprint density at radius 1 is 1.40 bits per heavy atom. The number of carbonyl (C=O) groups excluding carboxylic acids is 1. The Labute approximate surface area is 116 Å². The van der Waals surface area contributed by atoms with Gasteiger partial charge in [0, 0.05) is 25.9 Å². The molecular weight excluding hydrogens is 259 g/mol. The van der Waals surface area contributed by atoms with Gasteiger partial charge in [-0.15, -0.1) is 0 Å². The Balaban J connectivity index is 2.20. The molecule has 20 heavy (non-hydrogen) atoms. The van der Waals surface area contributed by atoms with Crippen LogP contribution in [0, 0.1) is 5.82 Å². The van der Waals surface area contributed by atoms with E-state index < -0.39 is 0 Å². The highest BCUT2D eigenvalue weighted by molar-refractivity contribution is 5.89. The summed E-state index contributed by atoms with van der Waals surface area (Å²) in [6.07, 6.45) is 1.69. The van der Waals surface area contributed by atoms with E-state index in [0.29, 0.717) is 11.4 Å². The molecule has 6 heteroatoms. The smallest absolute Gasteiger partial charge is 0.221 e. The van der Waals surface area contributed by atoms with Crippen LogP contribution in [0.3, 0.4) is 0 Å². The zero-order chi connectivity index (χ0) is 14.7. The zero-order valence-electron chi connectivity index (χ0n) is 11.6. The van der Waals surface area contributed by atoms with Gasteiger partial charge in [-0.2, -0.15) is 5.10 Å². The number of anilines is 2. The lowest BCUT2D eigenvalue weighted by atomic mass is 10.2. The van der Waals surface area contributed by atoms with Crippen LogP contribution in [0.15, 0.2) is 30.5 Å². The predicted molar refractivity (Wildman–Crippen MR) is 75.9 cm³/mol. The van der Waals surface area contributed by atoms with Crippen LogP contribution in [0.1, 0.15) is 25.6 Å². The molecule has 1 atom stereocenters. The number of hydrogen-bond acceptors (Lipinski definition) is 3. The Morgan fingerprint density at radius 2 is 2.15 bits per heavy atom. The molecule has 2 N–H and O–H groups in total. The van der Waals surface area contributed by atoms with E-state index in [1.54, 1.807) is 16.9 Å². The van der Waals surface area contributed by atoms with Crippen LogP contribution in [0.25, 0.3) is 0 Å². The summed E-state index contributed by atoms with van der Waals surface area (Å²) >= 11 is 0. The molecule has 0 saturated carbocycles. The number of halogens is 1. The summed E-state index contributed by atoms with van der Waals surface area (Å²) in [7, 11) is 1.83. The summed E-state index contributed by atoms with van der Waals surface area (Å²) in [5, 5.41) is 9.79. The molecule has 0 aliphatic carbocycles. The molecule has 1 aromatic carbocycles. The number of aromatic nitrogens is 2. The lowest BCUT2D eigenvalue weighted by Crippen LogP contribution is -2.13. The second-order valence-corrected chi connectivity index (χ2v) is 4.62. The quantitative estimate of drug-likeness (QED) is 0.902. The molecule has 1 amide bonds. The minimum Gasteiger partial charge on any atom is -0.375 e. The third kappa shape index (κ3) is 3.14. The monoisotopic (exact) mass is 276 g/mol. The Bertz CT molecular complexity index is 623. The van der Waals surface area contributed by atoms with Crippen LogP contribution in [0.2, 0.25) is 0 Å². The number of nitrogens with zero attached hydrogens (tertiary/aromatic N) is 2. The molecule has 0 bridgehead atoms. The second-order valence-electron chi connectivity index (χ2n) is 4.62. The third-order valence-corrected chi connectivity index (χ3v) is 2.96. The molecule has 0 radical (unpaired) electrons. The van der Waals surface area contributed by atoms with E-state index >= 15 is 0 Å². The van der Waals surface area contributed by atoms with E-state index in [2.05, 4.69) is 15.7 Å². The molecule has 106 valence electrons. The van der Waals surface area contributed by atoms with E-state index in [-0.39, 0.29) is 17.8 Å². The van der Waals surface area contributed by atoms with Gasteiger partial charge in [0.2, 0.25) is 5.91 Å². The Morgan fingerprint density at radius 3 is 2.75 bits per heavy atom. The van der Waals surface area contributed by atoms with Crippen molar-refractivity contribution in [2.24, 2.45) is 7.05 Å². The molecule has 0 aliphatic rings. The molecule has 1 unspecified atom stereocenters. The van der Waals surface area contributed by atoms with Crippen molar-refractivity contribution in [2.45, 2.75) is 19.9 Å². The molecule has 1 heterocycles. The number of amides is 1. The van der Waals surface area contributed by atoms with Gasteiger partial charge in [0.1, 0.15) is 5.82 Å². The van der Waals surface area contributed by atoms with Crippen LogP contribution in [-0.2, 0) is 11.8 Å². The minimum absolute atomic E-state index is 0.107. The van der Waals surface area contributed by atoms with Crippen LogP contribution < -0.4 is 10.6 Å². The van der Waals surface area contributed by atoms with Crippen molar-refractivity contribution in [1.82, 2.24) is 9.78 Å². The average molecular weight is 276 g/mol. The van der Waals surface area contributed by atoms with E-state index in [1.165, 1.54) is 19.1 Å². The van der Waals surface area contributed by atoms with Gasteiger partial charge in [-0.05, 0) is 31.2 Å². The van der Waals surface area contributed by atoms with Crippen LogP contribution in [0.5, 0.6) is 0 Å². The van der Waals surface area contributed by atoms with E-state index in [4.69, 9.17) is 0 Å². The van der Waals surface area contributed by atoms with Gasteiger partial charge >= 0.3 is 0 Å². The summed E-state index contributed by atoms with van der Waals surface area (Å²) in [6, 6.07) is 6.18. The number of hydrogen-bond donors (Lipinski definition) is 2. The number of nitrogens with one attached hydrogen (secondary N) is 2.